The monoisotopic (exact) mass is 265 g/mol. The number of para-hydroxylation sites is 1. The minimum Gasteiger partial charge on any atom is -0.336 e. The SMILES string of the molecule is Cc1ccc2nc(-c3nc4ccccc4s3)[nH]c2c1. The molecule has 0 aliphatic rings. The number of aromatic nitrogens is 3. The zero-order chi connectivity index (χ0) is 12.8. The Morgan fingerprint density at radius 1 is 1.00 bits per heavy atom. The van der Waals surface area contributed by atoms with Gasteiger partial charge in [0.15, 0.2) is 10.8 Å². The summed E-state index contributed by atoms with van der Waals surface area (Å²) in [6, 6.07) is 14.4. The summed E-state index contributed by atoms with van der Waals surface area (Å²) >= 11 is 1.66. The third-order valence-corrected chi connectivity index (χ3v) is 4.18. The van der Waals surface area contributed by atoms with Crippen LogP contribution in [-0.2, 0) is 0 Å². The fraction of sp³-hybridized carbons (Fsp3) is 0.0667. The second kappa shape index (κ2) is 3.90. The van der Waals surface area contributed by atoms with Crippen molar-refractivity contribution in [2.45, 2.75) is 6.92 Å². The van der Waals surface area contributed by atoms with Crippen molar-refractivity contribution in [1.29, 1.82) is 0 Å². The second-order valence-corrected chi connectivity index (χ2v) is 5.62. The molecule has 1 N–H and O–H groups in total. The van der Waals surface area contributed by atoms with Crippen LogP contribution in [0.1, 0.15) is 5.56 Å². The number of fused-ring (bicyclic) bond motifs is 2. The van der Waals surface area contributed by atoms with E-state index in [4.69, 9.17) is 0 Å². The summed E-state index contributed by atoms with van der Waals surface area (Å²) in [7, 11) is 0. The number of H-pyrrole nitrogens is 1. The predicted octanol–water partition coefficient (Wildman–Crippen LogP) is 4.15. The van der Waals surface area contributed by atoms with Crippen LogP contribution in [0.3, 0.4) is 0 Å². The number of benzene rings is 2. The molecule has 4 heteroatoms. The highest BCUT2D eigenvalue weighted by molar-refractivity contribution is 7.21. The molecule has 19 heavy (non-hydrogen) atoms. The fourth-order valence-corrected chi connectivity index (χ4v) is 3.11. The van der Waals surface area contributed by atoms with E-state index in [0.29, 0.717) is 0 Å². The zero-order valence-electron chi connectivity index (χ0n) is 10.3. The standard InChI is InChI=1S/C15H11N3S/c1-9-6-7-10-12(8-9)17-14(16-10)15-18-11-4-2-3-5-13(11)19-15/h2-8H,1H3,(H,16,17). The smallest absolute Gasteiger partial charge is 0.167 e. The molecule has 0 atom stereocenters. The summed E-state index contributed by atoms with van der Waals surface area (Å²) in [4.78, 5) is 12.6. The lowest BCUT2D eigenvalue weighted by Gasteiger charge is -1.89. The third kappa shape index (κ3) is 1.72. The Bertz CT molecular complexity index is 856. The van der Waals surface area contributed by atoms with Gasteiger partial charge in [0.2, 0.25) is 0 Å². The molecule has 0 aliphatic heterocycles. The van der Waals surface area contributed by atoms with Gasteiger partial charge in [-0.1, -0.05) is 18.2 Å². The van der Waals surface area contributed by atoms with Crippen molar-refractivity contribution in [3.63, 3.8) is 0 Å². The molecule has 0 radical (unpaired) electrons. The van der Waals surface area contributed by atoms with E-state index in [9.17, 15) is 0 Å². The van der Waals surface area contributed by atoms with Gasteiger partial charge in [0.05, 0.1) is 21.3 Å². The summed E-state index contributed by atoms with van der Waals surface area (Å²) < 4.78 is 1.19. The molecule has 0 saturated heterocycles. The van der Waals surface area contributed by atoms with E-state index in [0.717, 1.165) is 27.4 Å². The van der Waals surface area contributed by atoms with Crippen LogP contribution in [0.4, 0.5) is 0 Å². The Morgan fingerprint density at radius 3 is 2.79 bits per heavy atom. The molecule has 3 nitrogen and oxygen atoms in total. The Balaban J connectivity index is 1.93. The van der Waals surface area contributed by atoms with Gasteiger partial charge < -0.3 is 4.98 Å². The maximum absolute atomic E-state index is 4.63. The van der Waals surface area contributed by atoms with Crippen LogP contribution in [0.5, 0.6) is 0 Å². The van der Waals surface area contributed by atoms with Crippen molar-refractivity contribution < 1.29 is 0 Å². The largest absolute Gasteiger partial charge is 0.336 e. The minimum absolute atomic E-state index is 0.849. The van der Waals surface area contributed by atoms with Crippen molar-refractivity contribution in [1.82, 2.24) is 15.0 Å². The summed E-state index contributed by atoms with van der Waals surface area (Å²) in [5.74, 6) is 0.849. The maximum atomic E-state index is 4.63. The van der Waals surface area contributed by atoms with Crippen molar-refractivity contribution in [3.05, 3.63) is 48.0 Å². The maximum Gasteiger partial charge on any atom is 0.167 e. The van der Waals surface area contributed by atoms with E-state index < -0.39 is 0 Å². The molecule has 4 aromatic rings. The van der Waals surface area contributed by atoms with E-state index in [1.165, 1.54) is 10.3 Å². The number of thiazole rings is 1. The van der Waals surface area contributed by atoms with E-state index in [1.54, 1.807) is 11.3 Å². The molecule has 0 spiro atoms. The van der Waals surface area contributed by atoms with E-state index in [2.05, 4.69) is 40.1 Å². The highest BCUT2D eigenvalue weighted by Crippen LogP contribution is 2.29. The normalized spacial score (nSPS) is 11.4. The quantitative estimate of drug-likeness (QED) is 0.561. The fourth-order valence-electron chi connectivity index (χ4n) is 2.20. The third-order valence-electron chi connectivity index (χ3n) is 3.13. The first kappa shape index (κ1) is 10.7. The average molecular weight is 265 g/mol. The lowest BCUT2D eigenvalue weighted by Crippen LogP contribution is -1.77. The molecule has 0 bridgehead atoms. The number of aromatic amines is 1. The number of hydrogen-bond donors (Lipinski definition) is 1. The lowest BCUT2D eigenvalue weighted by atomic mass is 10.2. The van der Waals surface area contributed by atoms with Crippen LogP contribution >= 0.6 is 11.3 Å². The van der Waals surface area contributed by atoms with Crippen LogP contribution in [0.25, 0.3) is 32.1 Å². The summed E-state index contributed by atoms with van der Waals surface area (Å²) in [5, 5.41) is 0.940. The molecule has 92 valence electrons. The molecule has 2 heterocycles. The number of aryl methyl sites for hydroxylation is 1. The van der Waals surface area contributed by atoms with Gasteiger partial charge in [-0.3, -0.25) is 0 Å². The zero-order valence-corrected chi connectivity index (χ0v) is 11.2. The van der Waals surface area contributed by atoms with Crippen LogP contribution in [0, 0.1) is 6.92 Å². The first-order valence-electron chi connectivity index (χ1n) is 6.12. The van der Waals surface area contributed by atoms with Crippen molar-refractivity contribution >= 4 is 32.6 Å². The molecule has 4 rings (SSSR count). The molecule has 0 unspecified atom stereocenters. The number of hydrogen-bond acceptors (Lipinski definition) is 3. The van der Waals surface area contributed by atoms with Gasteiger partial charge >= 0.3 is 0 Å². The molecule has 2 aromatic carbocycles. The van der Waals surface area contributed by atoms with Gasteiger partial charge in [0.1, 0.15) is 0 Å². The Hall–Kier alpha value is -2.20. The van der Waals surface area contributed by atoms with Gasteiger partial charge in [-0.2, -0.15) is 0 Å². The highest BCUT2D eigenvalue weighted by Gasteiger charge is 2.10. The van der Waals surface area contributed by atoms with Gasteiger partial charge in [-0.25, -0.2) is 9.97 Å². The average Bonchev–Trinajstić information content (AvgIpc) is 3.00. The van der Waals surface area contributed by atoms with Crippen molar-refractivity contribution in [3.8, 4) is 10.8 Å². The second-order valence-electron chi connectivity index (χ2n) is 4.59. The number of nitrogens with zero attached hydrogens (tertiary/aromatic N) is 2. The molecule has 2 aromatic heterocycles. The Labute approximate surface area is 114 Å². The molecular formula is C15H11N3S. The summed E-state index contributed by atoms with van der Waals surface area (Å²) in [6.07, 6.45) is 0. The first-order valence-corrected chi connectivity index (χ1v) is 6.93. The Kier molecular flexibility index (Phi) is 2.19. The molecular weight excluding hydrogens is 254 g/mol. The van der Waals surface area contributed by atoms with Crippen LogP contribution in [0.15, 0.2) is 42.5 Å². The van der Waals surface area contributed by atoms with E-state index in [-0.39, 0.29) is 0 Å². The number of nitrogens with one attached hydrogen (secondary N) is 1. The summed E-state index contributed by atoms with van der Waals surface area (Å²) in [6.45, 7) is 2.08. The van der Waals surface area contributed by atoms with Crippen molar-refractivity contribution in [2.75, 3.05) is 0 Å². The van der Waals surface area contributed by atoms with E-state index in [1.807, 2.05) is 24.3 Å². The molecule has 0 saturated carbocycles. The summed E-state index contributed by atoms with van der Waals surface area (Å²) in [5.41, 5.74) is 4.31. The molecule has 0 fully saturated rings. The van der Waals surface area contributed by atoms with Crippen LogP contribution in [0.2, 0.25) is 0 Å². The lowest BCUT2D eigenvalue weighted by molar-refractivity contribution is 1.31. The number of rotatable bonds is 1. The van der Waals surface area contributed by atoms with Crippen LogP contribution < -0.4 is 0 Å². The molecule has 0 amide bonds. The van der Waals surface area contributed by atoms with Gasteiger partial charge in [0, 0.05) is 0 Å². The topological polar surface area (TPSA) is 41.6 Å². The predicted molar refractivity (Wildman–Crippen MR) is 79.4 cm³/mol. The van der Waals surface area contributed by atoms with Gasteiger partial charge in [-0.05, 0) is 36.8 Å². The Morgan fingerprint density at radius 2 is 1.89 bits per heavy atom. The molecule has 0 aliphatic carbocycles. The van der Waals surface area contributed by atoms with Crippen LogP contribution in [-0.4, -0.2) is 15.0 Å². The minimum atomic E-state index is 0.849. The van der Waals surface area contributed by atoms with Gasteiger partial charge in [0.25, 0.3) is 0 Å². The number of imidazole rings is 1. The van der Waals surface area contributed by atoms with E-state index >= 15 is 0 Å². The highest BCUT2D eigenvalue weighted by atomic mass is 32.1. The van der Waals surface area contributed by atoms with Gasteiger partial charge in [-0.15, -0.1) is 11.3 Å². The van der Waals surface area contributed by atoms with Crippen molar-refractivity contribution in [2.24, 2.45) is 0 Å². The first-order chi connectivity index (χ1) is 9.29.